The third-order valence-electron chi connectivity index (χ3n) is 6.70. The smallest absolute Gasteiger partial charge is 0.410 e. The summed E-state index contributed by atoms with van der Waals surface area (Å²) in [5.74, 6) is -1.28. The van der Waals surface area contributed by atoms with Gasteiger partial charge in [0.05, 0.1) is 17.2 Å². The van der Waals surface area contributed by atoms with Crippen molar-refractivity contribution in [2.24, 2.45) is 0 Å². The molecule has 1 aromatic carbocycles. The van der Waals surface area contributed by atoms with E-state index in [9.17, 15) is 18.8 Å². The second kappa shape index (κ2) is 11.4. The summed E-state index contributed by atoms with van der Waals surface area (Å²) in [6.45, 7) is 6.39. The van der Waals surface area contributed by atoms with Crippen LogP contribution in [0.15, 0.2) is 30.6 Å². The average molecular weight is 537 g/mol. The zero-order valence-corrected chi connectivity index (χ0v) is 22.7. The Morgan fingerprint density at radius 3 is 2.23 bits per heavy atom. The summed E-state index contributed by atoms with van der Waals surface area (Å²) in [7, 11) is 1.42. The Hall–Kier alpha value is -4.07. The van der Waals surface area contributed by atoms with Crippen molar-refractivity contribution in [2.45, 2.75) is 64.1 Å². The minimum absolute atomic E-state index is 0.00158. The van der Waals surface area contributed by atoms with Crippen molar-refractivity contribution in [3.63, 3.8) is 0 Å². The maximum absolute atomic E-state index is 14.7. The first-order chi connectivity index (χ1) is 18.5. The van der Waals surface area contributed by atoms with Gasteiger partial charge in [-0.15, -0.1) is 0 Å². The van der Waals surface area contributed by atoms with Crippen LogP contribution in [0.5, 0.6) is 0 Å². The van der Waals surface area contributed by atoms with Crippen LogP contribution in [0.1, 0.15) is 67.2 Å². The molecule has 0 spiro atoms. The van der Waals surface area contributed by atoms with Gasteiger partial charge < -0.3 is 19.4 Å². The quantitative estimate of drug-likeness (QED) is 0.514. The lowest BCUT2D eigenvalue weighted by atomic mass is 10.0. The van der Waals surface area contributed by atoms with Crippen molar-refractivity contribution in [3.8, 4) is 17.5 Å². The van der Waals surface area contributed by atoms with Crippen LogP contribution in [0, 0.1) is 17.1 Å². The molecule has 11 heteroatoms. The summed E-state index contributed by atoms with van der Waals surface area (Å²) >= 11 is 0. The molecule has 2 fully saturated rings. The molecule has 1 aliphatic heterocycles. The number of aromatic nitrogens is 2. The van der Waals surface area contributed by atoms with Gasteiger partial charge in [0, 0.05) is 50.2 Å². The van der Waals surface area contributed by atoms with E-state index in [4.69, 9.17) is 10.00 Å². The third-order valence-corrected chi connectivity index (χ3v) is 6.70. The molecule has 1 saturated carbocycles. The number of ether oxygens (including phenoxy) is 1. The Kier molecular flexibility index (Phi) is 8.14. The van der Waals surface area contributed by atoms with Crippen LogP contribution in [-0.4, -0.2) is 86.9 Å². The topological polar surface area (TPSA) is 120 Å². The molecule has 0 unspecified atom stereocenters. The molecule has 39 heavy (non-hydrogen) atoms. The molecule has 0 N–H and O–H groups in total. The number of amides is 3. The first kappa shape index (κ1) is 28.0. The highest BCUT2D eigenvalue weighted by atomic mass is 19.1. The van der Waals surface area contributed by atoms with Crippen LogP contribution in [0.2, 0.25) is 0 Å². The van der Waals surface area contributed by atoms with E-state index in [0.29, 0.717) is 37.1 Å². The molecule has 0 radical (unpaired) electrons. The molecule has 2 aromatic rings. The van der Waals surface area contributed by atoms with E-state index in [0.717, 1.165) is 17.7 Å². The molecule has 0 atom stereocenters. The van der Waals surface area contributed by atoms with Gasteiger partial charge in [-0.25, -0.2) is 19.2 Å². The van der Waals surface area contributed by atoms with Crippen molar-refractivity contribution < 1.29 is 23.5 Å². The molecule has 3 amide bonds. The molecule has 10 nitrogen and oxygen atoms in total. The van der Waals surface area contributed by atoms with Gasteiger partial charge in [0.25, 0.3) is 11.8 Å². The van der Waals surface area contributed by atoms with E-state index in [1.54, 1.807) is 4.90 Å². The highest BCUT2D eigenvalue weighted by molar-refractivity contribution is 5.95. The summed E-state index contributed by atoms with van der Waals surface area (Å²) < 4.78 is 20.2. The normalized spacial score (nSPS) is 15.8. The van der Waals surface area contributed by atoms with Gasteiger partial charge in [-0.1, -0.05) is 6.07 Å². The second-order valence-corrected chi connectivity index (χ2v) is 11.0. The number of piperidine rings is 1. The van der Waals surface area contributed by atoms with Gasteiger partial charge >= 0.3 is 6.09 Å². The lowest BCUT2D eigenvalue weighted by Gasteiger charge is -2.39. The Morgan fingerprint density at radius 2 is 1.69 bits per heavy atom. The summed E-state index contributed by atoms with van der Waals surface area (Å²) in [6.07, 6.45) is 5.73. The van der Waals surface area contributed by atoms with Gasteiger partial charge in [-0.2, -0.15) is 5.26 Å². The van der Waals surface area contributed by atoms with E-state index in [1.165, 1.54) is 37.6 Å². The van der Waals surface area contributed by atoms with Gasteiger partial charge in [-0.3, -0.25) is 9.59 Å². The Bertz CT molecular complexity index is 1270. The number of likely N-dealkylation sites (tertiary alicyclic amines) is 1. The molecule has 4 rings (SSSR count). The molecule has 2 heterocycles. The van der Waals surface area contributed by atoms with Crippen molar-refractivity contribution in [1.29, 1.82) is 5.26 Å². The van der Waals surface area contributed by atoms with Crippen LogP contribution >= 0.6 is 0 Å². The fourth-order valence-corrected chi connectivity index (χ4v) is 4.58. The number of nitriles is 1. The predicted octanol–water partition coefficient (Wildman–Crippen LogP) is 3.88. The fraction of sp³-hybridized carbons (Fsp3) is 0.500. The Balaban J connectivity index is 1.43. The van der Waals surface area contributed by atoms with Crippen LogP contribution in [0.3, 0.4) is 0 Å². The zero-order chi connectivity index (χ0) is 28.3. The Morgan fingerprint density at radius 1 is 1.08 bits per heavy atom. The fourth-order valence-electron chi connectivity index (χ4n) is 4.58. The van der Waals surface area contributed by atoms with Gasteiger partial charge in [0.2, 0.25) is 0 Å². The van der Waals surface area contributed by atoms with Crippen LogP contribution in [0.4, 0.5) is 9.18 Å². The molecular formula is C28H33FN6O4. The van der Waals surface area contributed by atoms with Crippen molar-refractivity contribution in [1.82, 2.24) is 24.7 Å². The molecule has 1 aliphatic carbocycles. The highest BCUT2D eigenvalue weighted by Crippen LogP contribution is 2.33. The van der Waals surface area contributed by atoms with Crippen LogP contribution < -0.4 is 0 Å². The Labute approximate surface area is 227 Å². The maximum atomic E-state index is 14.7. The largest absolute Gasteiger partial charge is 0.444 e. The van der Waals surface area contributed by atoms with Crippen LogP contribution in [-0.2, 0) is 4.74 Å². The number of halogens is 1. The lowest BCUT2D eigenvalue weighted by molar-refractivity contribution is 0.0142. The second-order valence-electron chi connectivity index (χ2n) is 11.0. The summed E-state index contributed by atoms with van der Waals surface area (Å²) in [5.41, 5.74) is -0.0120. The van der Waals surface area contributed by atoms with Gasteiger partial charge in [-0.05, 0) is 58.6 Å². The SMILES string of the molecule is CN(CC#N)C(=O)c1ccc(-c2ncc(C(=O)N(C3CC3)C3CCN(C(=O)OC(C)(C)C)CC3)cn2)cc1F. The first-order valence-electron chi connectivity index (χ1n) is 13.0. The lowest BCUT2D eigenvalue weighted by Crippen LogP contribution is -2.50. The average Bonchev–Trinajstić information content (AvgIpc) is 3.73. The minimum atomic E-state index is -0.747. The highest BCUT2D eigenvalue weighted by Gasteiger charge is 2.40. The van der Waals surface area contributed by atoms with Gasteiger partial charge in [0.15, 0.2) is 5.82 Å². The number of carbonyl (C=O) groups excluding carboxylic acids is 3. The maximum Gasteiger partial charge on any atom is 0.410 e. The van der Waals surface area contributed by atoms with E-state index >= 15 is 0 Å². The number of benzene rings is 1. The van der Waals surface area contributed by atoms with Crippen molar-refractivity contribution in [3.05, 3.63) is 47.5 Å². The van der Waals surface area contributed by atoms with Gasteiger partial charge in [0.1, 0.15) is 18.0 Å². The third kappa shape index (κ3) is 6.69. The molecule has 2 aliphatic rings. The van der Waals surface area contributed by atoms with E-state index in [1.807, 2.05) is 31.7 Å². The molecule has 1 saturated heterocycles. The van der Waals surface area contributed by atoms with Crippen LogP contribution in [0.25, 0.3) is 11.4 Å². The molecular weight excluding hydrogens is 503 g/mol. The number of hydrogen-bond acceptors (Lipinski definition) is 7. The standard InChI is InChI=1S/C28H33FN6O4/c1-28(2,3)39-27(38)34-12-9-21(10-13-34)35(20-6-7-20)25(36)19-16-31-24(32-17-19)18-5-8-22(23(29)15-18)26(37)33(4)14-11-30/h5,8,15-17,20-21H,6-7,9-10,12-14H2,1-4H3. The zero-order valence-electron chi connectivity index (χ0n) is 22.7. The molecule has 206 valence electrons. The summed E-state index contributed by atoms with van der Waals surface area (Å²) in [5, 5.41) is 8.76. The van der Waals surface area contributed by atoms with E-state index < -0.39 is 17.3 Å². The number of rotatable bonds is 6. The summed E-state index contributed by atoms with van der Waals surface area (Å²) in [6, 6.07) is 6.05. The van der Waals surface area contributed by atoms with Crippen molar-refractivity contribution >= 4 is 17.9 Å². The minimum Gasteiger partial charge on any atom is -0.444 e. The predicted molar refractivity (Wildman–Crippen MR) is 140 cm³/mol. The summed E-state index contributed by atoms with van der Waals surface area (Å²) in [4.78, 5) is 51.5. The van der Waals surface area contributed by atoms with E-state index in [-0.39, 0.29) is 42.0 Å². The van der Waals surface area contributed by atoms with E-state index in [2.05, 4.69) is 9.97 Å². The molecule has 0 bridgehead atoms. The number of nitrogens with zero attached hydrogens (tertiary/aromatic N) is 6. The number of carbonyl (C=O) groups is 3. The van der Waals surface area contributed by atoms with Crippen molar-refractivity contribution in [2.75, 3.05) is 26.7 Å². The monoisotopic (exact) mass is 536 g/mol. The molecule has 1 aromatic heterocycles. The first-order valence-corrected chi connectivity index (χ1v) is 13.0. The number of hydrogen-bond donors (Lipinski definition) is 0.